The van der Waals surface area contributed by atoms with Crippen LogP contribution in [0.25, 0.3) is 10.4 Å². The number of carbonyl (C=O) groups excluding carboxylic acids is 2. The summed E-state index contributed by atoms with van der Waals surface area (Å²) in [4.78, 5) is 28.6. The summed E-state index contributed by atoms with van der Waals surface area (Å²) in [6.07, 6.45) is 2.94. The predicted octanol–water partition coefficient (Wildman–Crippen LogP) is 5.52. The highest BCUT2D eigenvalue weighted by molar-refractivity contribution is 6.74. The molecule has 0 heterocycles. The summed E-state index contributed by atoms with van der Waals surface area (Å²) >= 11 is 0. The van der Waals surface area contributed by atoms with Gasteiger partial charge in [-0.1, -0.05) is 38.7 Å². The Labute approximate surface area is 181 Å². The van der Waals surface area contributed by atoms with Gasteiger partial charge in [0.05, 0.1) is 25.4 Å². The average Bonchev–Trinajstić information content (AvgIpc) is 2.65. The molecule has 0 aromatic carbocycles. The number of ether oxygens (including phenoxy) is 2. The molecule has 8 nitrogen and oxygen atoms in total. The lowest BCUT2D eigenvalue weighted by atomic mass is 9.60. The number of nitrogens with zero attached hydrogens (tertiary/aromatic N) is 3. The Hall–Kier alpha value is -1.57. The maximum Gasteiger partial charge on any atom is 0.315 e. The van der Waals surface area contributed by atoms with E-state index in [1.165, 1.54) is 0 Å². The number of hydrogen-bond acceptors (Lipinski definition) is 6. The number of hydrogen-bond donors (Lipinski definition) is 0. The molecule has 9 heteroatoms. The molecule has 0 aromatic heterocycles. The van der Waals surface area contributed by atoms with Gasteiger partial charge in [0.15, 0.2) is 8.32 Å². The number of carbonyl (C=O) groups is 2. The molecule has 0 bridgehead atoms. The first-order valence-electron chi connectivity index (χ1n) is 10.9. The van der Waals surface area contributed by atoms with Gasteiger partial charge in [-0.15, -0.1) is 0 Å². The van der Waals surface area contributed by atoms with Crippen LogP contribution in [-0.4, -0.2) is 45.6 Å². The molecule has 172 valence electrons. The standard InChI is InChI=1S/C21H39N3O5Si/c1-8-27-17(25)12-15-21(23-24-22)14-11-10-13-20(21,18(26)28-9-2)16-29-30(6,7)19(3,4)5/h8-16H2,1-7H3/t20-,21+/m1/s1. The van der Waals surface area contributed by atoms with Crippen LogP contribution in [0.15, 0.2) is 5.11 Å². The minimum absolute atomic E-state index is 0.0381. The molecule has 30 heavy (non-hydrogen) atoms. The molecule has 0 aliphatic heterocycles. The second kappa shape index (κ2) is 10.6. The lowest BCUT2D eigenvalue weighted by Crippen LogP contribution is -2.59. The maximum absolute atomic E-state index is 13.4. The van der Waals surface area contributed by atoms with Gasteiger partial charge >= 0.3 is 11.9 Å². The molecule has 1 aliphatic carbocycles. The summed E-state index contributed by atoms with van der Waals surface area (Å²) in [5, 5.41) is 4.14. The quantitative estimate of drug-likeness (QED) is 0.146. The van der Waals surface area contributed by atoms with E-state index >= 15 is 0 Å². The van der Waals surface area contributed by atoms with Crippen LogP contribution in [0.3, 0.4) is 0 Å². The minimum Gasteiger partial charge on any atom is -0.466 e. The van der Waals surface area contributed by atoms with Gasteiger partial charge in [0, 0.05) is 11.3 Å². The van der Waals surface area contributed by atoms with E-state index in [1.54, 1.807) is 13.8 Å². The molecule has 0 radical (unpaired) electrons. The van der Waals surface area contributed by atoms with E-state index in [-0.39, 0.29) is 43.7 Å². The predicted molar refractivity (Wildman–Crippen MR) is 118 cm³/mol. The second-order valence-corrected chi connectivity index (χ2v) is 14.4. The molecular formula is C21H39N3O5Si. The average molecular weight is 442 g/mol. The van der Waals surface area contributed by atoms with Crippen molar-refractivity contribution in [2.45, 2.75) is 96.8 Å². The normalized spacial score (nSPS) is 24.6. The monoisotopic (exact) mass is 441 g/mol. The van der Waals surface area contributed by atoms with Crippen LogP contribution in [0.5, 0.6) is 0 Å². The second-order valence-electron chi connectivity index (χ2n) is 9.58. The highest BCUT2D eigenvalue weighted by Crippen LogP contribution is 2.52. The SMILES string of the molecule is CCOC(=O)CC[C@@]1(N=[N+]=[N-])CCCC[C@@]1(CO[Si](C)(C)C(C)(C)C)C(=O)OCC. The third kappa shape index (κ3) is 5.77. The summed E-state index contributed by atoms with van der Waals surface area (Å²) in [5.41, 5.74) is 7.21. The van der Waals surface area contributed by atoms with Gasteiger partial charge in [-0.2, -0.15) is 0 Å². The fraction of sp³-hybridized carbons (Fsp3) is 0.905. The van der Waals surface area contributed by atoms with Crippen molar-refractivity contribution in [1.82, 2.24) is 0 Å². The Kier molecular flexibility index (Phi) is 9.39. The summed E-state index contributed by atoms with van der Waals surface area (Å²) in [5.74, 6) is -0.765. The Morgan fingerprint density at radius 1 is 1.10 bits per heavy atom. The van der Waals surface area contributed by atoms with Crippen molar-refractivity contribution in [3.05, 3.63) is 10.4 Å². The molecule has 1 aliphatic rings. The molecular weight excluding hydrogens is 402 g/mol. The maximum atomic E-state index is 13.4. The Balaban J connectivity index is 3.41. The fourth-order valence-electron chi connectivity index (χ4n) is 3.85. The van der Waals surface area contributed by atoms with Crippen LogP contribution in [0.1, 0.15) is 73.1 Å². The summed E-state index contributed by atoms with van der Waals surface area (Å²) in [6, 6.07) is 0. The number of rotatable bonds is 10. The largest absolute Gasteiger partial charge is 0.466 e. The minimum atomic E-state index is -2.18. The smallest absolute Gasteiger partial charge is 0.315 e. The molecule has 2 atom stereocenters. The summed E-state index contributed by atoms with van der Waals surface area (Å²) < 4.78 is 17.1. The fourth-order valence-corrected chi connectivity index (χ4v) is 4.89. The summed E-state index contributed by atoms with van der Waals surface area (Å²) in [7, 11) is -2.18. The van der Waals surface area contributed by atoms with E-state index in [0.29, 0.717) is 12.8 Å². The number of esters is 2. The van der Waals surface area contributed by atoms with Crippen molar-refractivity contribution in [2.75, 3.05) is 19.8 Å². The van der Waals surface area contributed by atoms with Gasteiger partial charge < -0.3 is 13.9 Å². The van der Waals surface area contributed by atoms with Crippen molar-refractivity contribution in [2.24, 2.45) is 10.5 Å². The first-order chi connectivity index (χ1) is 13.9. The molecule has 1 fully saturated rings. The third-order valence-electron chi connectivity index (χ3n) is 6.77. The highest BCUT2D eigenvalue weighted by atomic mass is 28.4. The highest BCUT2D eigenvalue weighted by Gasteiger charge is 2.59. The van der Waals surface area contributed by atoms with Gasteiger partial charge in [0.1, 0.15) is 5.41 Å². The number of azide groups is 1. The van der Waals surface area contributed by atoms with Gasteiger partial charge in [-0.05, 0) is 56.8 Å². The molecule has 0 amide bonds. The van der Waals surface area contributed by atoms with Gasteiger partial charge in [0.25, 0.3) is 0 Å². The van der Waals surface area contributed by atoms with Gasteiger partial charge in [-0.3, -0.25) is 9.59 Å². The van der Waals surface area contributed by atoms with Crippen LogP contribution in [0, 0.1) is 5.41 Å². The van der Waals surface area contributed by atoms with E-state index in [9.17, 15) is 15.1 Å². The van der Waals surface area contributed by atoms with Crippen LogP contribution in [0.4, 0.5) is 0 Å². The molecule has 0 unspecified atom stereocenters. The molecule has 1 rings (SSSR count). The van der Waals surface area contributed by atoms with Crippen molar-refractivity contribution in [3.63, 3.8) is 0 Å². The topological polar surface area (TPSA) is 111 Å². The van der Waals surface area contributed by atoms with Crippen molar-refractivity contribution in [3.8, 4) is 0 Å². The van der Waals surface area contributed by atoms with Crippen molar-refractivity contribution < 1.29 is 23.5 Å². The van der Waals surface area contributed by atoms with E-state index in [2.05, 4.69) is 43.9 Å². The molecule has 0 N–H and O–H groups in total. The van der Waals surface area contributed by atoms with E-state index < -0.39 is 25.2 Å². The van der Waals surface area contributed by atoms with Gasteiger partial charge in [-0.25, -0.2) is 0 Å². The summed E-state index contributed by atoms with van der Waals surface area (Å²) in [6.45, 7) is 14.8. The van der Waals surface area contributed by atoms with Crippen molar-refractivity contribution in [1.29, 1.82) is 0 Å². The van der Waals surface area contributed by atoms with E-state index in [1.807, 2.05) is 0 Å². The Morgan fingerprint density at radius 3 is 2.23 bits per heavy atom. The molecule has 0 aromatic rings. The Bertz CT molecular complexity index is 658. The van der Waals surface area contributed by atoms with E-state index in [0.717, 1.165) is 12.8 Å². The first kappa shape index (κ1) is 26.5. The molecule has 0 saturated heterocycles. The van der Waals surface area contributed by atoms with Crippen LogP contribution < -0.4 is 0 Å². The lowest BCUT2D eigenvalue weighted by Gasteiger charge is -2.50. The Morgan fingerprint density at radius 2 is 1.70 bits per heavy atom. The van der Waals surface area contributed by atoms with Crippen LogP contribution >= 0.6 is 0 Å². The van der Waals surface area contributed by atoms with Crippen LogP contribution in [-0.2, 0) is 23.5 Å². The first-order valence-corrected chi connectivity index (χ1v) is 13.9. The zero-order chi connectivity index (χ0) is 23.1. The van der Waals surface area contributed by atoms with Gasteiger partial charge in [0.2, 0.25) is 0 Å². The third-order valence-corrected chi connectivity index (χ3v) is 11.2. The molecule has 0 spiro atoms. The van der Waals surface area contributed by atoms with E-state index in [4.69, 9.17) is 13.9 Å². The zero-order valence-electron chi connectivity index (χ0n) is 19.7. The zero-order valence-corrected chi connectivity index (χ0v) is 20.7. The van der Waals surface area contributed by atoms with Crippen LogP contribution in [0.2, 0.25) is 18.1 Å². The lowest BCUT2D eigenvalue weighted by molar-refractivity contribution is -0.168. The molecule has 1 saturated carbocycles. The van der Waals surface area contributed by atoms with Crippen molar-refractivity contribution >= 4 is 20.3 Å².